The first kappa shape index (κ1) is 24.5. The van der Waals surface area contributed by atoms with E-state index in [0.29, 0.717) is 6.42 Å². The number of carbonyl (C=O) groups excluding carboxylic acids is 1. The van der Waals surface area contributed by atoms with Gasteiger partial charge >= 0.3 is 5.97 Å². The minimum atomic E-state index is -1.32. The summed E-state index contributed by atoms with van der Waals surface area (Å²) in [6.07, 6.45) is 7.63. The Morgan fingerprint density at radius 3 is 2.54 bits per heavy atom. The van der Waals surface area contributed by atoms with Crippen molar-refractivity contribution >= 4 is 5.97 Å². The van der Waals surface area contributed by atoms with Crippen molar-refractivity contribution < 1.29 is 29.6 Å². The fraction of sp³-hybridized carbons (Fsp3) is 0.773. The van der Waals surface area contributed by atoms with Crippen molar-refractivity contribution in [3.63, 3.8) is 0 Å². The minimum absolute atomic E-state index is 0.104. The first-order valence-corrected chi connectivity index (χ1v) is 10.5. The first-order valence-electron chi connectivity index (χ1n) is 10.5. The number of rotatable bonds is 14. The molecule has 0 saturated carbocycles. The van der Waals surface area contributed by atoms with Gasteiger partial charge in [-0.05, 0) is 38.0 Å². The molecule has 0 fully saturated rings. The molecule has 0 radical (unpaired) electrons. The van der Waals surface area contributed by atoms with Gasteiger partial charge in [0, 0.05) is 0 Å². The van der Waals surface area contributed by atoms with Crippen molar-refractivity contribution in [3.8, 4) is 0 Å². The molecule has 1 heterocycles. The normalized spacial score (nSPS) is 19.9. The van der Waals surface area contributed by atoms with Gasteiger partial charge in [-0.2, -0.15) is 0 Å². The molecule has 0 aliphatic carbocycles. The van der Waals surface area contributed by atoms with E-state index in [-0.39, 0.29) is 12.4 Å². The predicted molar refractivity (Wildman–Crippen MR) is 109 cm³/mol. The number of hydrogen-bond donors (Lipinski definition) is 3. The van der Waals surface area contributed by atoms with E-state index < -0.39 is 30.5 Å². The Morgan fingerprint density at radius 1 is 1.21 bits per heavy atom. The summed E-state index contributed by atoms with van der Waals surface area (Å²) in [7, 11) is 0. The molecule has 6 nitrogen and oxygen atoms in total. The lowest BCUT2D eigenvalue weighted by Gasteiger charge is -2.18. The maximum atomic E-state index is 11.4. The average molecular weight is 399 g/mol. The highest BCUT2D eigenvalue weighted by atomic mass is 16.6. The highest BCUT2D eigenvalue weighted by molar-refractivity contribution is 5.89. The Bertz CT molecular complexity index is 537. The molecule has 28 heavy (non-hydrogen) atoms. The van der Waals surface area contributed by atoms with Crippen LogP contribution in [0.5, 0.6) is 0 Å². The van der Waals surface area contributed by atoms with E-state index in [1.807, 2.05) is 0 Å². The summed E-state index contributed by atoms with van der Waals surface area (Å²) in [5.74, 6) is -0.132. The number of esters is 1. The molecule has 0 aromatic carbocycles. The zero-order chi connectivity index (χ0) is 21.1. The Kier molecular flexibility index (Phi) is 11.2. The van der Waals surface area contributed by atoms with Crippen LogP contribution in [0.15, 0.2) is 23.2 Å². The zero-order valence-corrected chi connectivity index (χ0v) is 17.8. The van der Waals surface area contributed by atoms with Crippen LogP contribution in [0.25, 0.3) is 0 Å². The van der Waals surface area contributed by atoms with Gasteiger partial charge in [0.1, 0.15) is 6.10 Å². The second-order valence-corrected chi connectivity index (χ2v) is 8.30. The van der Waals surface area contributed by atoms with Gasteiger partial charge in [0.2, 0.25) is 5.76 Å². The molecule has 0 aromatic rings. The molecule has 1 aliphatic rings. The number of hydrogen-bond acceptors (Lipinski definition) is 6. The molecule has 0 saturated heterocycles. The minimum Gasteiger partial charge on any atom is -0.499 e. The van der Waals surface area contributed by atoms with Crippen LogP contribution in [0.1, 0.15) is 72.6 Å². The Balaban J connectivity index is 2.28. The maximum Gasteiger partial charge on any atom is 0.378 e. The molecule has 1 aliphatic heterocycles. The molecule has 162 valence electrons. The van der Waals surface area contributed by atoms with Crippen LogP contribution in [0.4, 0.5) is 0 Å². The van der Waals surface area contributed by atoms with E-state index in [9.17, 15) is 15.0 Å². The lowest BCUT2D eigenvalue weighted by molar-refractivity contribution is -0.148. The molecule has 6 heteroatoms. The van der Waals surface area contributed by atoms with E-state index in [1.165, 1.54) is 37.7 Å². The van der Waals surface area contributed by atoms with Crippen molar-refractivity contribution in [2.75, 3.05) is 13.2 Å². The van der Waals surface area contributed by atoms with Crippen LogP contribution in [0, 0.1) is 11.8 Å². The number of aliphatic hydroxyl groups excluding tert-OH is 3. The number of cyclic esters (lactones) is 1. The van der Waals surface area contributed by atoms with Crippen molar-refractivity contribution in [2.45, 2.75) is 84.8 Å². The van der Waals surface area contributed by atoms with Gasteiger partial charge < -0.3 is 24.8 Å². The van der Waals surface area contributed by atoms with Gasteiger partial charge in [-0.25, -0.2) is 4.79 Å². The van der Waals surface area contributed by atoms with Crippen LogP contribution >= 0.6 is 0 Å². The van der Waals surface area contributed by atoms with Gasteiger partial charge in [-0.3, -0.25) is 0 Å². The summed E-state index contributed by atoms with van der Waals surface area (Å²) < 4.78 is 10.3. The fourth-order valence-electron chi connectivity index (χ4n) is 3.28. The van der Waals surface area contributed by atoms with Crippen LogP contribution in [0.3, 0.4) is 0 Å². The Morgan fingerprint density at radius 2 is 1.89 bits per heavy atom. The molecule has 3 N–H and O–H groups in total. The van der Waals surface area contributed by atoms with Gasteiger partial charge in [-0.15, -0.1) is 0 Å². The standard InChI is InChI=1S/C22H38O6/c1-15(2)8-5-9-16(3)10-6-11-17(4)12-7-13-27-21-19(25)22(26)28-20(21)18(24)14-23/h12,15-16,18,20,23-25H,5-11,13-14H2,1-4H3/b17-12+. The van der Waals surface area contributed by atoms with Crippen molar-refractivity contribution in [1.82, 2.24) is 0 Å². The van der Waals surface area contributed by atoms with Gasteiger partial charge in [0.15, 0.2) is 11.9 Å². The number of ether oxygens (including phenoxy) is 2. The van der Waals surface area contributed by atoms with Crippen LogP contribution in [-0.4, -0.2) is 46.7 Å². The van der Waals surface area contributed by atoms with Crippen LogP contribution < -0.4 is 0 Å². The second kappa shape index (κ2) is 12.8. The van der Waals surface area contributed by atoms with Crippen LogP contribution in [-0.2, 0) is 14.3 Å². The largest absolute Gasteiger partial charge is 0.499 e. The third kappa shape index (κ3) is 8.65. The van der Waals surface area contributed by atoms with Gasteiger partial charge in [0.05, 0.1) is 13.2 Å². The van der Waals surface area contributed by atoms with E-state index in [4.69, 9.17) is 14.6 Å². The smallest absolute Gasteiger partial charge is 0.378 e. The van der Waals surface area contributed by atoms with E-state index >= 15 is 0 Å². The zero-order valence-electron chi connectivity index (χ0n) is 17.8. The predicted octanol–water partition coefficient (Wildman–Crippen LogP) is 4.02. The summed E-state index contributed by atoms with van der Waals surface area (Å²) in [6, 6.07) is 0. The van der Waals surface area contributed by atoms with Gasteiger partial charge in [-0.1, -0.05) is 58.1 Å². The molecular weight excluding hydrogens is 360 g/mol. The third-order valence-electron chi connectivity index (χ3n) is 5.07. The lowest BCUT2D eigenvalue weighted by Crippen LogP contribution is -2.32. The average Bonchev–Trinajstić information content (AvgIpc) is 2.92. The monoisotopic (exact) mass is 398 g/mol. The summed E-state index contributed by atoms with van der Waals surface area (Å²) in [4.78, 5) is 11.4. The molecule has 0 bridgehead atoms. The molecular formula is C22H38O6. The molecule has 3 atom stereocenters. The number of carbonyl (C=O) groups is 1. The van der Waals surface area contributed by atoms with Crippen molar-refractivity contribution in [3.05, 3.63) is 23.2 Å². The third-order valence-corrected chi connectivity index (χ3v) is 5.07. The maximum absolute atomic E-state index is 11.4. The number of allylic oxidation sites excluding steroid dienone is 1. The van der Waals surface area contributed by atoms with E-state index in [1.54, 1.807) is 0 Å². The topological polar surface area (TPSA) is 96.2 Å². The van der Waals surface area contributed by atoms with E-state index in [0.717, 1.165) is 18.3 Å². The van der Waals surface area contributed by atoms with Crippen molar-refractivity contribution in [2.24, 2.45) is 11.8 Å². The second-order valence-electron chi connectivity index (χ2n) is 8.30. The van der Waals surface area contributed by atoms with E-state index in [2.05, 4.69) is 33.8 Å². The summed E-state index contributed by atoms with van der Waals surface area (Å²) >= 11 is 0. The highest BCUT2D eigenvalue weighted by Crippen LogP contribution is 2.25. The first-order chi connectivity index (χ1) is 13.3. The van der Waals surface area contributed by atoms with Crippen molar-refractivity contribution in [1.29, 1.82) is 0 Å². The van der Waals surface area contributed by atoms with Crippen LogP contribution in [0.2, 0.25) is 0 Å². The quantitative estimate of drug-likeness (QED) is 0.232. The lowest BCUT2D eigenvalue weighted by atomic mass is 9.94. The summed E-state index contributed by atoms with van der Waals surface area (Å²) in [6.45, 7) is 8.64. The summed E-state index contributed by atoms with van der Waals surface area (Å²) in [5, 5.41) is 28.4. The molecule has 0 amide bonds. The Hall–Kier alpha value is -1.53. The summed E-state index contributed by atoms with van der Waals surface area (Å²) in [5.41, 5.74) is 1.29. The molecule has 1 rings (SSSR count). The fourth-order valence-corrected chi connectivity index (χ4v) is 3.28. The molecule has 0 aromatic heterocycles. The molecule has 0 spiro atoms. The number of aliphatic hydroxyl groups is 3. The highest BCUT2D eigenvalue weighted by Gasteiger charge is 2.40. The SMILES string of the molecule is C/C(=C\CCOC1=C(O)C(=O)OC1C(O)CO)CCCC(C)CCCC(C)C. The molecule has 3 unspecified atom stereocenters. The Labute approximate surface area is 169 Å². The van der Waals surface area contributed by atoms with Gasteiger partial charge in [0.25, 0.3) is 0 Å².